The van der Waals surface area contributed by atoms with Crippen LogP contribution in [-0.4, -0.2) is 50.9 Å². The van der Waals surface area contributed by atoms with Gasteiger partial charge in [-0.25, -0.2) is 13.1 Å². The lowest BCUT2D eigenvalue weighted by molar-refractivity contribution is 0.0692. The number of amides is 1. The van der Waals surface area contributed by atoms with E-state index in [1.807, 2.05) is 4.90 Å². The van der Waals surface area contributed by atoms with Gasteiger partial charge in [-0.3, -0.25) is 4.79 Å². The maximum Gasteiger partial charge on any atom is 0.254 e. The van der Waals surface area contributed by atoms with Gasteiger partial charge < -0.3 is 10.2 Å². The standard InChI is InChI=1S/C20H31N3O3S.ClH/c1-3-12-23(18-10-11-21-14-18)20(24)16-9-8-15(2)19(13-16)27(25,26)22-17-6-4-5-7-17;/h8-9,13,17-18,21-22H,3-7,10-12,14H2,1-2H3;1H. The molecule has 2 N–H and O–H groups in total. The van der Waals surface area contributed by atoms with Crippen molar-refractivity contribution in [2.45, 2.75) is 69.4 Å². The van der Waals surface area contributed by atoms with Gasteiger partial charge in [0.1, 0.15) is 0 Å². The fourth-order valence-corrected chi connectivity index (χ4v) is 5.69. The Kier molecular flexibility index (Phi) is 8.30. The van der Waals surface area contributed by atoms with Gasteiger partial charge in [-0.05, 0) is 56.8 Å². The molecule has 1 aliphatic carbocycles. The summed E-state index contributed by atoms with van der Waals surface area (Å²) in [7, 11) is -3.62. The molecule has 0 bridgehead atoms. The Labute approximate surface area is 174 Å². The summed E-state index contributed by atoms with van der Waals surface area (Å²) in [6.45, 7) is 6.23. The van der Waals surface area contributed by atoms with Crippen LogP contribution in [0.25, 0.3) is 0 Å². The zero-order valence-corrected chi connectivity index (χ0v) is 18.4. The van der Waals surface area contributed by atoms with Gasteiger partial charge in [-0.1, -0.05) is 25.8 Å². The Bertz CT molecular complexity index is 773. The van der Waals surface area contributed by atoms with Crippen molar-refractivity contribution in [2.24, 2.45) is 0 Å². The van der Waals surface area contributed by atoms with Crippen molar-refractivity contribution in [3.05, 3.63) is 29.3 Å². The van der Waals surface area contributed by atoms with Crippen molar-refractivity contribution in [3.8, 4) is 0 Å². The van der Waals surface area contributed by atoms with Crippen molar-refractivity contribution in [3.63, 3.8) is 0 Å². The van der Waals surface area contributed by atoms with E-state index in [0.717, 1.165) is 51.6 Å². The van der Waals surface area contributed by atoms with E-state index in [0.29, 0.717) is 17.7 Å². The van der Waals surface area contributed by atoms with E-state index >= 15 is 0 Å². The molecule has 3 rings (SSSR count). The summed E-state index contributed by atoms with van der Waals surface area (Å²) in [5.41, 5.74) is 1.12. The quantitative estimate of drug-likeness (QED) is 0.698. The van der Waals surface area contributed by atoms with Crippen molar-refractivity contribution in [2.75, 3.05) is 19.6 Å². The molecule has 1 aliphatic heterocycles. The zero-order chi connectivity index (χ0) is 19.4. The normalized spacial score (nSPS) is 20.1. The smallest absolute Gasteiger partial charge is 0.254 e. The first kappa shape index (κ1) is 23.1. The van der Waals surface area contributed by atoms with Crippen LogP contribution < -0.4 is 10.0 Å². The summed E-state index contributed by atoms with van der Waals surface area (Å²) >= 11 is 0. The number of hydrogen-bond donors (Lipinski definition) is 2. The van der Waals surface area contributed by atoms with E-state index in [1.165, 1.54) is 0 Å². The highest BCUT2D eigenvalue weighted by atomic mass is 35.5. The number of sulfonamides is 1. The van der Waals surface area contributed by atoms with Crippen molar-refractivity contribution >= 4 is 28.3 Å². The molecule has 8 heteroatoms. The fourth-order valence-electron chi connectivity index (χ4n) is 4.11. The Hall–Kier alpha value is -1.15. The van der Waals surface area contributed by atoms with Gasteiger partial charge in [0.15, 0.2) is 0 Å². The molecule has 0 aromatic heterocycles. The second kappa shape index (κ2) is 10.1. The third-order valence-corrected chi connectivity index (χ3v) is 7.26. The molecule has 0 radical (unpaired) electrons. The molecule has 1 heterocycles. The minimum absolute atomic E-state index is 0. The van der Waals surface area contributed by atoms with E-state index in [4.69, 9.17) is 0 Å². The number of aryl methyl sites for hydroxylation is 1. The van der Waals surface area contributed by atoms with E-state index in [2.05, 4.69) is 17.0 Å². The number of carbonyl (C=O) groups is 1. The Balaban J connectivity index is 0.00000280. The first-order valence-electron chi connectivity index (χ1n) is 10.1. The predicted octanol–water partition coefficient (Wildman–Crippen LogP) is 2.85. The number of rotatable bonds is 7. The van der Waals surface area contributed by atoms with Crippen LogP contribution in [0.5, 0.6) is 0 Å². The lowest BCUT2D eigenvalue weighted by Crippen LogP contribution is -2.42. The van der Waals surface area contributed by atoms with Gasteiger partial charge in [-0.15, -0.1) is 12.4 Å². The number of nitrogens with one attached hydrogen (secondary N) is 2. The van der Waals surface area contributed by atoms with Crippen molar-refractivity contribution in [1.29, 1.82) is 0 Å². The molecular formula is C20H32ClN3O3S. The van der Waals surface area contributed by atoms with E-state index in [9.17, 15) is 13.2 Å². The topological polar surface area (TPSA) is 78.5 Å². The van der Waals surface area contributed by atoms with E-state index < -0.39 is 10.0 Å². The molecule has 1 saturated heterocycles. The summed E-state index contributed by atoms with van der Waals surface area (Å²) in [5, 5.41) is 3.30. The molecule has 0 spiro atoms. The molecule has 1 saturated carbocycles. The third kappa shape index (κ3) is 5.26. The molecule has 1 aromatic carbocycles. The molecule has 158 valence electrons. The predicted molar refractivity (Wildman–Crippen MR) is 114 cm³/mol. The largest absolute Gasteiger partial charge is 0.334 e. The highest BCUT2D eigenvalue weighted by Gasteiger charge is 2.29. The summed E-state index contributed by atoms with van der Waals surface area (Å²) < 4.78 is 28.6. The highest BCUT2D eigenvalue weighted by molar-refractivity contribution is 7.89. The van der Waals surface area contributed by atoms with Gasteiger partial charge in [0, 0.05) is 30.7 Å². The second-order valence-corrected chi connectivity index (χ2v) is 9.41. The summed E-state index contributed by atoms with van der Waals surface area (Å²) in [5.74, 6) is -0.0807. The molecule has 1 amide bonds. The van der Waals surface area contributed by atoms with Gasteiger partial charge in [0.2, 0.25) is 10.0 Å². The SMILES string of the molecule is CCCN(C(=O)c1ccc(C)c(S(=O)(=O)NC2CCCC2)c1)C1CCNC1.Cl. The van der Waals surface area contributed by atoms with Crippen LogP contribution in [0.1, 0.15) is 61.4 Å². The van der Waals surface area contributed by atoms with E-state index in [1.54, 1.807) is 25.1 Å². The van der Waals surface area contributed by atoms with Crippen LogP contribution in [-0.2, 0) is 10.0 Å². The van der Waals surface area contributed by atoms with Gasteiger partial charge >= 0.3 is 0 Å². The van der Waals surface area contributed by atoms with Crippen LogP contribution >= 0.6 is 12.4 Å². The molecule has 6 nitrogen and oxygen atoms in total. The van der Waals surface area contributed by atoms with Crippen LogP contribution in [0.3, 0.4) is 0 Å². The van der Waals surface area contributed by atoms with Crippen LogP contribution in [0.15, 0.2) is 23.1 Å². The lowest BCUT2D eigenvalue weighted by Gasteiger charge is -2.28. The molecule has 2 fully saturated rings. The highest BCUT2D eigenvalue weighted by Crippen LogP contribution is 2.24. The molecular weight excluding hydrogens is 398 g/mol. The molecule has 1 unspecified atom stereocenters. The number of halogens is 1. The number of carbonyl (C=O) groups excluding carboxylic acids is 1. The molecule has 1 atom stereocenters. The minimum atomic E-state index is -3.62. The van der Waals surface area contributed by atoms with Crippen LogP contribution in [0, 0.1) is 6.92 Å². The maximum atomic E-state index is 13.1. The third-order valence-electron chi connectivity index (χ3n) is 5.60. The monoisotopic (exact) mass is 429 g/mol. The van der Waals surface area contributed by atoms with Gasteiger partial charge in [-0.2, -0.15) is 0 Å². The first-order chi connectivity index (χ1) is 12.9. The average molecular weight is 430 g/mol. The summed E-state index contributed by atoms with van der Waals surface area (Å²) in [4.78, 5) is 15.3. The Morgan fingerprint density at radius 3 is 2.57 bits per heavy atom. The van der Waals surface area contributed by atoms with Crippen molar-refractivity contribution in [1.82, 2.24) is 14.9 Å². The van der Waals surface area contributed by atoms with Crippen LogP contribution in [0.2, 0.25) is 0 Å². The summed E-state index contributed by atoms with van der Waals surface area (Å²) in [6.07, 6.45) is 5.71. The molecule has 2 aliphatic rings. The molecule has 1 aromatic rings. The van der Waals surface area contributed by atoms with E-state index in [-0.39, 0.29) is 35.3 Å². The summed E-state index contributed by atoms with van der Waals surface area (Å²) in [6, 6.07) is 5.23. The molecule has 28 heavy (non-hydrogen) atoms. The number of nitrogens with zero attached hydrogens (tertiary/aromatic N) is 1. The Morgan fingerprint density at radius 1 is 1.25 bits per heavy atom. The average Bonchev–Trinajstić information content (AvgIpc) is 3.33. The number of benzene rings is 1. The minimum Gasteiger partial charge on any atom is -0.334 e. The second-order valence-electron chi connectivity index (χ2n) is 7.73. The van der Waals surface area contributed by atoms with Crippen LogP contribution in [0.4, 0.5) is 0 Å². The zero-order valence-electron chi connectivity index (χ0n) is 16.7. The Morgan fingerprint density at radius 2 is 1.96 bits per heavy atom. The lowest BCUT2D eigenvalue weighted by atomic mass is 10.1. The van der Waals surface area contributed by atoms with Gasteiger partial charge in [0.05, 0.1) is 4.90 Å². The van der Waals surface area contributed by atoms with Gasteiger partial charge in [0.25, 0.3) is 5.91 Å². The maximum absolute atomic E-state index is 13.1. The number of hydrogen-bond acceptors (Lipinski definition) is 4. The fraction of sp³-hybridized carbons (Fsp3) is 0.650. The van der Waals surface area contributed by atoms with Crippen molar-refractivity contribution < 1.29 is 13.2 Å². The first-order valence-corrected chi connectivity index (χ1v) is 11.6.